The van der Waals surface area contributed by atoms with Gasteiger partial charge in [0.15, 0.2) is 0 Å². The molecule has 0 aromatic rings. The Labute approximate surface area is 105 Å². The fourth-order valence-corrected chi connectivity index (χ4v) is 5.91. The molecule has 1 saturated carbocycles. The van der Waals surface area contributed by atoms with Gasteiger partial charge in [0.1, 0.15) is 5.78 Å². The summed E-state index contributed by atoms with van der Waals surface area (Å²) in [5.41, 5.74) is 0.709. The van der Waals surface area contributed by atoms with Crippen LogP contribution in [-0.4, -0.2) is 24.8 Å². The van der Waals surface area contributed by atoms with E-state index in [2.05, 4.69) is 39.0 Å². The number of carbonyl (C=O) groups excluding carboxylic acids is 1. The van der Waals surface area contributed by atoms with Gasteiger partial charge in [-0.3, -0.25) is 4.79 Å². The molecule has 1 rings (SSSR count). The predicted molar refractivity (Wildman–Crippen MR) is 73.6 cm³/mol. The summed E-state index contributed by atoms with van der Waals surface area (Å²) in [5, 5.41) is 12.3. The maximum absolute atomic E-state index is 12.4. The van der Waals surface area contributed by atoms with Crippen LogP contribution in [0.5, 0.6) is 0 Å². The summed E-state index contributed by atoms with van der Waals surface area (Å²) in [6.45, 7) is 13.1. The van der Waals surface area contributed by atoms with Gasteiger partial charge in [0.05, 0.1) is 18.8 Å². The zero-order chi connectivity index (χ0) is 13.5. The van der Waals surface area contributed by atoms with E-state index in [0.29, 0.717) is 12.1 Å². The molecule has 0 aromatic carbocycles. The number of ketones is 1. The zero-order valence-electron chi connectivity index (χ0n) is 11.9. The van der Waals surface area contributed by atoms with Gasteiger partial charge in [0, 0.05) is 6.42 Å². The third-order valence-corrected chi connectivity index (χ3v) is 12.0. The standard InChI is InChI=1S/C13H25NO2Si/c1-12(2,3)17(5,6)13(4)10(14-16)8-7-9-11(13)15/h16H,7-9H2,1-6H3. The van der Waals surface area contributed by atoms with E-state index in [1.807, 2.05) is 6.92 Å². The minimum atomic E-state index is -1.92. The molecule has 1 aliphatic carbocycles. The molecular weight excluding hydrogens is 230 g/mol. The van der Waals surface area contributed by atoms with Gasteiger partial charge in [-0.2, -0.15) is 0 Å². The van der Waals surface area contributed by atoms with Gasteiger partial charge >= 0.3 is 0 Å². The van der Waals surface area contributed by atoms with Crippen molar-refractivity contribution in [2.45, 2.75) is 70.1 Å². The molecule has 3 nitrogen and oxygen atoms in total. The van der Waals surface area contributed by atoms with Crippen LogP contribution in [0.1, 0.15) is 47.0 Å². The molecule has 1 N–H and O–H groups in total. The summed E-state index contributed by atoms with van der Waals surface area (Å²) in [6.07, 6.45) is 2.20. The average Bonchev–Trinajstić information content (AvgIpc) is 2.20. The lowest BCUT2D eigenvalue weighted by molar-refractivity contribution is -0.120. The highest BCUT2D eigenvalue weighted by Gasteiger charge is 2.57. The van der Waals surface area contributed by atoms with E-state index < -0.39 is 13.1 Å². The normalized spacial score (nSPS) is 29.8. The fraction of sp³-hybridized carbons (Fsp3) is 0.846. The van der Waals surface area contributed by atoms with Crippen molar-refractivity contribution in [2.75, 3.05) is 0 Å². The van der Waals surface area contributed by atoms with Crippen molar-refractivity contribution in [1.82, 2.24) is 0 Å². The quantitative estimate of drug-likeness (QED) is 0.440. The first kappa shape index (κ1) is 14.4. The third kappa shape index (κ3) is 1.96. The lowest BCUT2D eigenvalue weighted by atomic mass is 9.86. The molecule has 0 saturated heterocycles. The Hall–Kier alpha value is -0.643. The lowest BCUT2D eigenvalue weighted by Gasteiger charge is -2.51. The van der Waals surface area contributed by atoms with Crippen LogP contribution in [0.2, 0.25) is 23.2 Å². The number of oxime groups is 1. The molecular formula is C13H25NO2Si. The van der Waals surface area contributed by atoms with Crippen molar-refractivity contribution in [2.24, 2.45) is 5.16 Å². The number of hydrogen-bond acceptors (Lipinski definition) is 3. The predicted octanol–water partition coefficient (Wildman–Crippen LogP) is 3.84. The zero-order valence-corrected chi connectivity index (χ0v) is 12.9. The Morgan fingerprint density at radius 2 is 1.82 bits per heavy atom. The van der Waals surface area contributed by atoms with Crippen molar-refractivity contribution in [3.05, 3.63) is 0 Å². The topological polar surface area (TPSA) is 49.7 Å². The van der Waals surface area contributed by atoms with Gasteiger partial charge in [0.25, 0.3) is 0 Å². The van der Waals surface area contributed by atoms with Crippen molar-refractivity contribution in [3.8, 4) is 0 Å². The molecule has 0 radical (unpaired) electrons. The first-order chi connectivity index (χ1) is 7.59. The first-order valence-corrected chi connectivity index (χ1v) is 9.33. The number of carbonyl (C=O) groups is 1. The van der Waals surface area contributed by atoms with Crippen LogP contribution >= 0.6 is 0 Å². The Kier molecular flexibility index (Phi) is 3.59. The number of nitrogens with zero attached hydrogens (tertiary/aromatic N) is 1. The molecule has 0 spiro atoms. The number of hydrogen-bond donors (Lipinski definition) is 1. The Bertz CT molecular complexity index is 355. The SMILES string of the molecule is CC(C)(C)[Si](C)(C)C1(C)C(=O)CCCC1=NO. The largest absolute Gasteiger partial charge is 0.411 e. The second-order valence-corrected chi connectivity index (χ2v) is 12.6. The maximum Gasteiger partial charge on any atom is 0.141 e. The van der Waals surface area contributed by atoms with Crippen LogP contribution in [0.3, 0.4) is 0 Å². The highest BCUT2D eigenvalue weighted by atomic mass is 28.3. The second kappa shape index (κ2) is 4.23. The molecule has 1 fully saturated rings. The summed E-state index contributed by atoms with van der Waals surface area (Å²) < 4.78 is 0. The monoisotopic (exact) mass is 255 g/mol. The van der Waals surface area contributed by atoms with E-state index in [1.165, 1.54) is 0 Å². The fourth-order valence-electron chi connectivity index (χ4n) is 2.69. The Morgan fingerprint density at radius 3 is 2.24 bits per heavy atom. The Morgan fingerprint density at radius 1 is 1.29 bits per heavy atom. The van der Waals surface area contributed by atoms with E-state index in [0.717, 1.165) is 12.8 Å². The minimum absolute atomic E-state index is 0.102. The third-order valence-electron chi connectivity index (χ3n) is 5.20. The summed E-state index contributed by atoms with van der Waals surface area (Å²) >= 11 is 0. The van der Waals surface area contributed by atoms with Gasteiger partial charge < -0.3 is 5.21 Å². The molecule has 1 atom stereocenters. The van der Waals surface area contributed by atoms with Crippen molar-refractivity contribution in [1.29, 1.82) is 0 Å². The molecule has 0 aliphatic heterocycles. The van der Waals surface area contributed by atoms with Crippen molar-refractivity contribution < 1.29 is 10.0 Å². The molecule has 1 aliphatic rings. The number of Topliss-reactive ketones (excluding diaryl/α,β-unsaturated/α-hetero) is 1. The smallest absolute Gasteiger partial charge is 0.141 e. The average molecular weight is 255 g/mol. The van der Waals surface area contributed by atoms with Crippen molar-refractivity contribution in [3.63, 3.8) is 0 Å². The molecule has 98 valence electrons. The summed E-state index contributed by atoms with van der Waals surface area (Å²) in [7, 11) is -1.92. The van der Waals surface area contributed by atoms with Crippen LogP contribution < -0.4 is 0 Å². The lowest BCUT2D eigenvalue weighted by Crippen LogP contribution is -2.57. The molecule has 0 bridgehead atoms. The van der Waals surface area contributed by atoms with E-state index in [9.17, 15) is 10.0 Å². The maximum atomic E-state index is 12.4. The van der Waals surface area contributed by atoms with Crippen LogP contribution in [0.15, 0.2) is 5.16 Å². The highest BCUT2D eigenvalue weighted by Crippen LogP contribution is 2.55. The second-order valence-electron chi connectivity index (χ2n) is 6.82. The number of rotatable bonds is 1. The summed E-state index contributed by atoms with van der Waals surface area (Å²) in [6, 6.07) is 0. The van der Waals surface area contributed by atoms with E-state index in [-0.39, 0.29) is 10.8 Å². The Balaban J connectivity index is 3.35. The highest BCUT2D eigenvalue weighted by molar-refractivity contribution is 6.89. The van der Waals surface area contributed by atoms with E-state index >= 15 is 0 Å². The van der Waals surface area contributed by atoms with E-state index in [4.69, 9.17) is 0 Å². The van der Waals surface area contributed by atoms with Gasteiger partial charge in [-0.05, 0) is 24.8 Å². The van der Waals surface area contributed by atoms with Crippen LogP contribution in [0.4, 0.5) is 0 Å². The summed E-state index contributed by atoms with van der Waals surface area (Å²) in [5.74, 6) is 0.267. The molecule has 0 aromatic heterocycles. The minimum Gasteiger partial charge on any atom is -0.411 e. The molecule has 4 heteroatoms. The van der Waals surface area contributed by atoms with Crippen LogP contribution in [0, 0.1) is 0 Å². The van der Waals surface area contributed by atoms with Crippen molar-refractivity contribution >= 4 is 19.6 Å². The summed E-state index contributed by atoms with van der Waals surface area (Å²) in [4.78, 5) is 12.4. The van der Waals surface area contributed by atoms with Gasteiger partial charge in [-0.25, -0.2) is 0 Å². The van der Waals surface area contributed by atoms with E-state index in [1.54, 1.807) is 0 Å². The molecule has 0 amide bonds. The molecule has 17 heavy (non-hydrogen) atoms. The van der Waals surface area contributed by atoms with Gasteiger partial charge in [0.2, 0.25) is 0 Å². The van der Waals surface area contributed by atoms with Crippen LogP contribution in [-0.2, 0) is 4.79 Å². The molecule has 0 heterocycles. The molecule has 1 unspecified atom stereocenters. The van der Waals surface area contributed by atoms with Gasteiger partial charge in [-0.1, -0.05) is 39.0 Å². The first-order valence-electron chi connectivity index (χ1n) is 6.33. The van der Waals surface area contributed by atoms with Gasteiger partial charge in [-0.15, -0.1) is 0 Å². The van der Waals surface area contributed by atoms with Crippen LogP contribution in [0.25, 0.3) is 0 Å².